The van der Waals surface area contributed by atoms with Crippen LogP contribution in [0.4, 0.5) is 0 Å². The number of hydrogen-bond acceptors (Lipinski definition) is 6. The molecule has 9 heteroatoms. The summed E-state index contributed by atoms with van der Waals surface area (Å²) in [5.74, 6) is -0.464. The topological polar surface area (TPSA) is 104 Å². The van der Waals surface area contributed by atoms with E-state index in [0.717, 1.165) is 31.7 Å². The van der Waals surface area contributed by atoms with Crippen molar-refractivity contribution in [3.05, 3.63) is 11.9 Å². The molecule has 0 unspecified atom stereocenters. The molecule has 2 aliphatic rings. The fourth-order valence-electron chi connectivity index (χ4n) is 4.52. The summed E-state index contributed by atoms with van der Waals surface area (Å²) >= 11 is 0. The minimum absolute atomic E-state index is 0.153. The first-order chi connectivity index (χ1) is 14.2. The van der Waals surface area contributed by atoms with Crippen molar-refractivity contribution in [2.75, 3.05) is 33.2 Å². The highest BCUT2D eigenvalue weighted by atomic mass is 16.3. The van der Waals surface area contributed by atoms with Gasteiger partial charge in [-0.2, -0.15) is 0 Å². The molecule has 1 aromatic heterocycles. The second-order valence-electron chi connectivity index (χ2n) is 9.62. The summed E-state index contributed by atoms with van der Waals surface area (Å²) in [6, 6.07) is -1.27. The van der Waals surface area contributed by atoms with Crippen LogP contribution in [-0.4, -0.2) is 87.1 Å². The number of nitrogens with one attached hydrogen (secondary N) is 1. The first kappa shape index (κ1) is 22.7. The molecule has 30 heavy (non-hydrogen) atoms. The molecule has 0 aliphatic carbocycles. The number of aromatic nitrogens is 3. The highest BCUT2D eigenvalue weighted by Gasteiger charge is 2.44. The molecule has 168 valence electrons. The van der Waals surface area contributed by atoms with Crippen molar-refractivity contribution < 1.29 is 14.7 Å². The number of β-amino-alcohol motifs (C(OH)–C–C–N with tert-alkyl or cyclic N) is 1. The van der Waals surface area contributed by atoms with Crippen molar-refractivity contribution >= 4 is 11.8 Å². The van der Waals surface area contributed by atoms with Crippen LogP contribution in [0.25, 0.3) is 0 Å². The lowest BCUT2D eigenvalue weighted by Crippen LogP contribution is -2.49. The summed E-state index contributed by atoms with van der Waals surface area (Å²) in [7, 11) is 1.54. The Labute approximate surface area is 178 Å². The molecule has 0 saturated carbocycles. The monoisotopic (exact) mass is 420 g/mol. The second-order valence-corrected chi connectivity index (χ2v) is 9.62. The zero-order valence-electron chi connectivity index (χ0n) is 18.7. The zero-order valence-corrected chi connectivity index (χ0v) is 18.7. The van der Waals surface area contributed by atoms with E-state index in [1.807, 2.05) is 27.0 Å². The van der Waals surface area contributed by atoms with Gasteiger partial charge in [0, 0.05) is 39.2 Å². The smallest absolute Gasteiger partial charge is 0.248 e. The van der Waals surface area contributed by atoms with Crippen LogP contribution in [-0.2, 0) is 16.0 Å². The van der Waals surface area contributed by atoms with Gasteiger partial charge in [0.2, 0.25) is 11.8 Å². The summed E-state index contributed by atoms with van der Waals surface area (Å²) in [5.41, 5.74) is 0.433. The molecule has 3 atom stereocenters. The van der Waals surface area contributed by atoms with Crippen LogP contribution in [0.5, 0.6) is 0 Å². The van der Waals surface area contributed by atoms with Crippen LogP contribution >= 0.6 is 0 Å². The highest BCUT2D eigenvalue weighted by Crippen LogP contribution is 2.34. The zero-order chi connectivity index (χ0) is 21.9. The van der Waals surface area contributed by atoms with Gasteiger partial charge in [0.15, 0.2) is 0 Å². The Morgan fingerprint density at radius 1 is 1.27 bits per heavy atom. The number of carbonyl (C=O) groups is 2. The Morgan fingerprint density at radius 3 is 2.60 bits per heavy atom. The molecule has 3 rings (SSSR count). The van der Waals surface area contributed by atoms with Gasteiger partial charge in [-0.1, -0.05) is 32.4 Å². The largest absolute Gasteiger partial charge is 0.391 e. The quantitative estimate of drug-likeness (QED) is 0.699. The molecular weight excluding hydrogens is 384 g/mol. The van der Waals surface area contributed by atoms with Crippen LogP contribution in [0.1, 0.15) is 58.2 Å². The normalized spacial score (nSPS) is 24.1. The van der Waals surface area contributed by atoms with E-state index in [1.165, 1.54) is 24.2 Å². The number of aliphatic hydroxyl groups excluding tert-OH is 1. The lowest BCUT2D eigenvalue weighted by molar-refractivity contribution is -0.144. The van der Waals surface area contributed by atoms with Crippen molar-refractivity contribution in [3.63, 3.8) is 0 Å². The number of likely N-dealkylation sites (tertiary alicyclic amines) is 2. The number of likely N-dealkylation sites (N-methyl/N-ethyl adjacent to an activating group) is 1. The van der Waals surface area contributed by atoms with Gasteiger partial charge < -0.3 is 20.2 Å². The first-order valence-corrected chi connectivity index (χ1v) is 11.0. The molecule has 2 N–H and O–H groups in total. The molecular formula is C21H36N6O3. The number of piperidine rings is 1. The van der Waals surface area contributed by atoms with Crippen molar-refractivity contribution in [1.82, 2.24) is 30.1 Å². The molecule has 9 nitrogen and oxygen atoms in total. The Bertz CT molecular complexity index is 737. The van der Waals surface area contributed by atoms with E-state index in [2.05, 4.69) is 20.5 Å². The first-order valence-electron chi connectivity index (χ1n) is 11.0. The van der Waals surface area contributed by atoms with Gasteiger partial charge in [-0.25, -0.2) is 4.68 Å². The third-order valence-corrected chi connectivity index (χ3v) is 6.12. The van der Waals surface area contributed by atoms with Crippen molar-refractivity contribution in [2.45, 2.75) is 71.1 Å². The van der Waals surface area contributed by atoms with Crippen molar-refractivity contribution in [3.8, 4) is 0 Å². The van der Waals surface area contributed by atoms with Crippen LogP contribution in [0, 0.1) is 5.41 Å². The summed E-state index contributed by atoms with van der Waals surface area (Å²) in [6.07, 6.45) is 6.02. The van der Waals surface area contributed by atoms with Crippen molar-refractivity contribution in [1.29, 1.82) is 0 Å². The van der Waals surface area contributed by atoms with Crippen LogP contribution < -0.4 is 5.32 Å². The third-order valence-electron chi connectivity index (χ3n) is 6.12. The van der Waals surface area contributed by atoms with Gasteiger partial charge in [-0.3, -0.25) is 9.59 Å². The van der Waals surface area contributed by atoms with Gasteiger partial charge in [0.1, 0.15) is 12.1 Å². The number of amides is 2. The second kappa shape index (κ2) is 9.43. The van der Waals surface area contributed by atoms with Gasteiger partial charge in [-0.05, 0) is 31.3 Å². The molecule has 0 aromatic carbocycles. The van der Waals surface area contributed by atoms with Gasteiger partial charge in [-0.15, -0.1) is 5.10 Å². The van der Waals surface area contributed by atoms with Crippen LogP contribution in [0.3, 0.4) is 0 Å². The maximum Gasteiger partial charge on any atom is 0.248 e. The standard InChI is InChI=1S/C21H36N6O3/c1-21(2,3)18(20(30)26-14-16(28)12-17(26)19(29)22-4)27-13-15(23-24-27)8-11-25-9-6-5-7-10-25/h13,16-18,28H,5-12,14H2,1-4H3,(H,22,29)/t16-,17+,18-/m1/s1. The average molecular weight is 421 g/mol. The fourth-order valence-corrected chi connectivity index (χ4v) is 4.52. The molecule has 0 bridgehead atoms. The summed E-state index contributed by atoms with van der Waals surface area (Å²) in [4.78, 5) is 29.7. The summed E-state index contributed by atoms with van der Waals surface area (Å²) in [5, 5.41) is 21.3. The third kappa shape index (κ3) is 5.18. The SMILES string of the molecule is CNC(=O)[C@@H]1C[C@@H](O)CN1C(=O)[C@@H](n1cc(CCN2CCCCC2)nn1)C(C)(C)C. The van der Waals surface area contributed by atoms with E-state index in [9.17, 15) is 14.7 Å². The molecule has 2 saturated heterocycles. The number of hydrogen-bond donors (Lipinski definition) is 2. The highest BCUT2D eigenvalue weighted by molar-refractivity contribution is 5.90. The minimum atomic E-state index is -0.701. The van der Waals surface area contributed by atoms with E-state index >= 15 is 0 Å². The van der Waals surface area contributed by atoms with Gasteiger partial charge >= 0.3 is 0 Å². The van der Waals surface area contributed by atoms with E-state index in [4.69, 9.17) is 0 Å². The fraction of sp³-hybridized carbons (Fsp3) is 0.810. The predicted octanol–water partition coefficient (Wildman–Crippen LogP) is 0.602. The molecule has 0 radical (unpaired) electrons. The number of carbonyl (C=O) groups excluding carboxylic acids is 2. The Hall–Kier alpha value is -2.00. The maximum atomic E-state index is 13.5. The Kier molecular flexibility index (Phi) is 7.13. The summed E-state index contributed by atoms with van der Waals surface area (Å²) < 4.78 is 1.64. The van der Waals surface area contributed by atoms with E-state index in [0.29, 0.717) is 0 Å². The molecule has 0 spiro atoms. The molecule has 1 aromatic rings. The molecule has 2 amide bonds. The number of aliphatic hydroxyl groups is 1. The van der Waals surface area contributed by atoms with Crippen LogP contribution in [0.15, 0.2) is 6.20 Å². The number of rotatable bonds is 6. The van der Waals surface area contributed by atoms with Crippen molar-refractivity contribution in [2.24, 2.45) is 5.41 Å². The average Bonchev–Trinajstić information content (AvgIpc) is 3.32. The minimum Gasteiger partial charge on any atom is -0.391 e. The van der Waals surface area contributed by atoms with Gasteiger partial charge in [0.05, 0.1) is 11.8 Å². The lowest BCUT2D eigenvalue weighted by atomic mass is 9.85. The van der Waals surface area contributed by atoms with E-state index in [1.54, 1.807) is 11.7 Å². The molecule has 3 heterocycles. The Balaban J connectivity index is 1.75. The van der Waals surface area contributed by atoms with E-state index < -0.39 is 23.6 Å². The molecule has 2 fully saturated rings. The predicted molar refractivity (Wildman–Crippen MR) is 113 cm³/mol. The number of nitrogens with zero attached hydrogens (tertiary/aromatic N) is 5. The maximum absolute atomic E-state index is 13.5. The lowest BCUT2D eigenvalue weighted by Gasteiger charge is -2.34. The van der Waals surface area contributed by atoms with Gasteiger partial charge in [0.25, 0.3) is 0 Å². The Morgan fingerprint density at radius 2 is 1.97 bits per heavy atom. The summed E-state index contributed by atoms with van der Waals surface area (Å²) in [6.45, 7) is 9.30. The molecule has 2 aliphatic heterocycles. The van der Waals surface area contributed by atoms with E-state index in [-0.39, 0.29) is 24.8 Å². The van der Waals surface area contributed by atoms with Crippen LogP contribution in [0.2, 0.25) is 0 Å².